The SMILES string of the molecule is C=CC[C@](C)(N)C(=O)N[C@H](C)C(=O)OC. The lowest BCUT2D eigenvalue weighted by molar-refractivity contribution is -0.145. The van der Waals surface area contributed by atoms with Gasteiger partial charge in [0, 0.05) is 0 Å². The van der Waals surface area contributed by atoms with E-state index < -0.39 is 23.5 Å². The Morgan fingerprint density at radius 3 is 2.60 bits per heavy atom. The Balaban J connectivity index is 4.35. The van der Waals surface area contributed by atoms with Crippen molar-refractivity contribution in [2.45, 2.75) is 31.8 Å². The summed E-state index contributed by atoms with van der Waals surface area (Å²) in [7, 11) is 1.26. The van der Waals surface area contributed by atoms with Gasteiger partial charge in [-0.2, -0.15) is 0 Å². The molecule has 0 rings (SSSR count). The number of carbonyl (C=O) groups excluding carboxylic acids is 2. The summed E-state index contributed by atoms with van der Waals surface area (Å²) in [4.78, 5) is 22.6. The van der Waals surface area contributed by atoms with Crippen LogP contribution in [0.1, 0.15) is 20.3 Å². The van der Waals surface area contributed by atoms with Crippen LogP contribution in [0.5, 0.6) is 0 Å². The molecule has 0 aromatic heterocycles. The number of nitrogens with one attached hydrogen (secondary N) is 1. The number of ether oxygens (including phenoxy) is 1. The van der Waals surface area contributed by atoms with Crippen LogP contribution in [-0.2, 0) is 14.3 Å². The average Bonchev–Trinajstić information content (AvgIpc) is 2.16. The van der Waals surface area contributed by atoms with Gasteiger partial charge < -0.3 is 15.8 Å². The number of nitrogens with two attached hydrogens (primary N) is 1. The molecule has 0 aliphatic carbocycles. The highest BCUT2D eigenvalue weighted by atomic mass is 16.5. The van der Waals surface area contributed by atoms with Gasteiger partial charge in [0.2, 0.25) is 5.91 Å². The van der Waals surface area contributed by atoms with Gasteiger partial charge in [0.25, 0.3) is 0 Å². The quantitative estimate of drug-likeness (QED) is 0.497. The first kappa shape index (κ1) is 13.6. The second kappa shape index (κ2) is 5.50. The van der Waals surface area contributed by atoms with Crippen LogP contribution in [0, 0.1) is 0 Å². The molecule has 2 atom stereocenters. The maximum absolute atomic E-state index is 11.6. The monoisotopic (exact) mass is 214 g/mol. The van der Waals surface area contributed by atoms with Crippen molar-refractivity contribution >= 4 is 11.9 Å². The van der Waals surface area contributed by atoms with Gasteiger partial charge in [-0.05, 0) is 20.3 Å². The molecule has 0 radical (unpaired) electrons. The van der Waals surface area contributed by atoms with E-state index >= 15 is 0 Å². The van der Waals surface area contributed by atoms with Crippen LogP contribution in [0.25, 0.3) is 0 Å². The zero-order valence-electron chi connectivity index (χ0n) is 9.37. The normalized spacial score (nSPS) is 16.0. The van der Waals surface area contributed by atoms with Gasteiger partial charge in [0.1, 0.15) is 6.04 Å². The molecule has 0 aromatic rings. The minimum atomic E-state index is -1.05. The van der Waals surface area contributed by atoms with Gasteiger partial charge in [0.15, 0.2) is 0 Å². The lowest BCUT2D eigenvalue weighted by Crippen LogP contribution is -2.54. The first-order valence-corrected chi connectivity index (χ1v) is 4.63. The number of rotatable bonds is 5. The van der Waals surface area contributed by atoms with Gasteiger partial charge in [-0.1, -0.05) is 6.08 Å². The van der Waals surface area contributed by atoms with E-state index in [1.54, 1.807) is 13.0 Å². The Hall–Kier alpha value is -1.36. The number of amides is 1. The van der Waals surface area contributed by atoms with Crippen molar-refractivity contribution in [3.05, 3.63) is 12.7 Å². The van der Waals surface area contributed by atoms with Gasteiger partial charge in [-0.15, -0.1) is 6.58 Å². The fraction of sp³-hybridized carbons (Fsp3) is 0.600. The van der Waals surface area contributed by atoms with E-state index in [1.165, 1.54) is 14.0 Å². The van der Waals surface area contributed by atoms with Gasteiger partial charge >= 0.3 is 5.97 Å². The zero-order chi connectivity index (χ0) is 12.1. The molecule has 0 unspecified atom stereocenters. The summed E-state index contributed by atoms with van der Waals surface area (Å²) in [6.07, 6.45) is 1.90. The van der Waals surface area contributed by atoms with E-state index in [0.29, 0.717) is 6.42 Å². The third-order valence-corrected chi connectivity index (χ3v) is 1.99. The maximum Gasteiger partial charge on any atom is 0.328 e. The zero-order valence-corrected chi connectivity index (χ0v) is 9.37. The Labute approximate surface area is 89.7 Å². The molecular formula is C10H18N2O3. The summed E-state index contributed by atoms with van der Waals surface area (Å²) in [5, 5.41) is 2.47. The predicted molar refractivity (Wildman–Crippen MR) is 57.0 cm³/mol. The topological polar surface area (TPSA) is 81.4 Å². The molecule has 15 heavy (non-hydrogen) atoms. The standard InChI is InChI=1S/C10H18N2O3/c1-5-6-10(3,11)9(14)12-7(2)8(13)15-4/h5,7H,1,6,11H2,2-4H3,(H,12,14)/t7-,10+/m1/s1. The molecule has 0 bridgehead atoms. The van der Waals surface area contributed by atoms with Crippen molar-refractivity contribution in [1.29, 1.82) is 0 Å². The van der Waals surface area contributed by atoms with Crippen molar-refractivity contribution in [1.82, 2.24) is 5.32 Å². The highest BCUT2D eigenvalue weighted by molar-refractivity contribution is 5.89. The molecule has 0 saturated heterocycles. The number of carbonyl (C=O) groups is 2. The smallest absolute Gasteiger partial charge is 0.328 e. The molecule has 0 fully saturated rings. The highest BCUT2D eigenvalue weighted by Gasteiger charge is 2.29. The van der Waals surface area contributed by atoms with Crippen LogP contribution < -0.4 is 11.1 Å². The fourth-order valence-corrected chi connectivity index (χ4v) is 0.990. The first-order valence-electron chi connectivity index (χ1n) is 4.63. The van der Waals surface area contributed by atoms with Crippen LogP contribution >= 0.6 is 0 Å². The Morgan fingerprint density at radius 2 is 2.20 bits per heavy atom. The van der Waals surface area contributed by atoms with E-state index in [9.17, 15) is 9.59 Å². The van der Waals surface area contributed by atoms with Crippen LogP contribution in [0.15, 0.2) is 12.7 Å². The van der Waals surface area contributed by atoms with Crippen LogP contribution in [0.3, 0.4) is 0 Å². The summed E-state index contributed by atoms with van der Waals surface area (Å²) in [6.45, 7) is 6.62. The Morgan fingerprint density at radius 1 is 1.67 bits per heavy atom. The molecule has 0 spiro atoms. The molecule has 3 N–H and O–H groups in total. The molecular weight excluding hydrogens is 196 g/mol. The Bertz CT molecular complexity index is 261. The van der Waals surface area contributed by atoms with Crippen molar-refractivity contribution in [3.8, 4) is 0 Å². The summed E-state index contributed by atoms with van der Waals surface area (Å²) >= 11 is 0. The van der Waals surface area contributed by atoms with E-state index in [-0.39, 0.29) is 0 Å². The minimum Gasteiger partial charge on any atom is -0.467 e. The van der Waals surface area contributed by atoms with Crippen LogP contribution in [0.4, 0.5) is 0 Å². The summed E-state index contributed by atoms with van der Waals surface area (Å²) < 4.78 is 4.47. The minimum absolute atomic E-state index is 0.340. The van der Waals surface area contributed by atoms with Crippen molar-refractivity contribution in [3.63, 3.8) is 0 Å². The highest BCUT2D eigenvalue weighted by Crippen LogP contribution is 2.06. The number of methoxy groups -OCH3 is 1. The fourth-order valence-electron chi connectivity index (χ4n) is 0.990. The Kier molecular flexibility index (Phi) is 5.00. The molecule has 0 aliphatic heterocycles. The van der Waals surface area contributed by atoms with Gasteiger partial charge in [0.05, 0.1) is 12.6 Å². The third kappa shape index (κ3) is 4.12. The largest absolute Gasteiger partial charge is 0.467 e. The van der Waals surface area contributed by atoms with E-state index in [0.717, 1.165) is 0 Å². The van der Waals surface area contributed by atoms with E-state index in [4.69, 9.17) is 5.73 Å². The van der Waals surface area contributed by atoms with Crippen molar-refractivity contribution in [2.24, 2.45) is 5.73 Å². The van der Waals surface area contributed by atoms with Crippen LogP contribution in [0.2, 0.25) is 0 Å². The van der Waals surface area contributed by atoms with Crippen molar-refractivity contribution in [2.75, 3.05) is 7.11 Å². The molecule has 1 amide bonds. The second-order valence-electron chi connectivity index (χ2n) is 3.63. The number of esters is 1. The summed E-state index contributed by atoms with van der Waals surface area (Å²) in [6, 6.07) is -0.699. The summed E-state index contributed by atoms with van der Waals surface area (Å²) in [5.74, 6) is -0.905. The lowest BCUT2D eigenvalue weighted by Gasteiger charge is -2.23. The van der Waals surface area contributed by atoms with Gasteiger partial charge in [-0.25, -0.2) is 4.79 Å². The predicted octanol–water partition coefficient (Wildman–Crippen LogP) is -0.0424. The number of hydrogen-bond donors (Lipinski definition) is 2. The second-order valence-corrected chi connectivity index (χ2v) is 3.63. The third-order valence-electron chi connectivity index (χ3n) is 1.99. The van der Waals surface area contributed by atoms with Crippen LogP contribution in [-0.4, -0.2) is 30.6 Å². The van der Waals surface area contributed by atoms with E-state index in [1.807, 2.05) is 0 Å². The first-order chi connectivity index (χ1) is 6.85. The molecule has 5 nitrogen and oxygen atoms in total. The average molecular weight is 214 g/mol. The maximum atomic E-state index is 11.6. The van der Waals surface area contributed by atoms with Crippen molar-refractivity contribution < 1.29 is 14.3 Å². The molecule has 0 saturated carbocycles. The number of hydrogen-bond acceptors (Lipinski definition) is 4. The molecule has 0 heterocycles. The van der Waals surface area contributed by atoms with Gasteiger partial charge in [-0.3, -0.25) is 4.79 Å². The summed E-state index contributed by atoms with van der Waals surface area (Å²) in [5.41, 5.74) is 4.67. The molecule has 86 valence electrons. The lowest BCUT2D eigenvalue weighted by atomic mass is 9.98. The molecule has 0 aromatic carbocycles. The molecule has 5 heteroatoms. The molecule has 0 aliphatic rings. The van der Waals surface area contributed by atoms with E-state index in [2.05, 4.69) is 16.6 Å².